The molecule has 0 amide bonds. The van der Waals surface area contributed by atoms with Gasteiger partial charge in [-0.2, -0.15) is 0 Å². The second-order valence-electron chi connectivity index (χ2n) is 3.83. The van der Waals surface area contributed by atoms with Crippen molar-refractivity contribution in [3.05, 3.63) is 0 Å². The highest BCUT2D eigenvalue weighted by Gasteiger charge is 2.23. The van der Waals surface area contributed by atoms with E-state index >= 15 is 0 Å². The Morgan fingerprint density at radius 2 is 1.85 bits per heavy atom. The van der Waals surface area contributed by atoms with Crippen LogP contribution in [0.1, 0.15) is 47.5 Å². The zero-order valence-corrected chi connectivity index (χ0v) is 10.1. The van der Waals surface area contributed by atoms with Gasteiger partial charge >= 0.3 is 0 Å². The van der Waals surface area contributed by atoms with E-state index in [1.807, 2.05) is 13.8 Å². The monoisotopic (exact) mass is 185 g/mol. The van der Waals surface area contributed by atoms with Crippen LogP contribution in [-0.2, 0) is 0 Å². The first kappa shape index (κ1) is 13.0. The number of likely N-dealkylation sites (tertiary alicyclic amines) is 1. The van der Waals surface area contributed by atoms with Crippen LogP contribution in [0, 0.1) is 11.8 Å². The molecule has 1 aliphatic heterocycles. The Hall–Kier alpha value is -0.0400. The molecule has 0 saturated carbocycles. The maximum atomic E-state index is 2.58. The van der Waals surface area contributed by atoms with Crippen LogP contribution in [0.25, 0.3) is 0 Å². The first-order valence-corrected chi connectivity index (χ1v) is 6.00. The van der Waals surface area contributed by atoms with Crippen LogP contribution in [0.5, 0.6) is 0 Å². The Morgan fingerprint density at radius 3 is 2.31 bits per heavy atom. The fourth-order valence-corrected chi connectivity index (χ4v) is 2.04. The average molecular weight is 185 g/mol. The summed E-state index contributed by atoms with van der Waals surface area (Å²) in [5, 5.41) is 0. The van der Waals surface area contributed by atoms with Gasteiger partial charge in [0, 0.05) is 6.54 Å². The molecular weight excluding hydrogens is 158 g/mol. The van der Waals surface area contributed by atoms with Gasteiger partial charge < -0.3 is 4.90 Å². The van der Waals surface area contributed by atoms with E-state index < -0.39 is 0 Å². The lowest BCUT2D eigenvalue weighted by atomic mass is 9.85. The Balaban J connectivity index is 0.000000671. The molecular formula is C12H27N. The quantitative estimate of drug-likeness (QED) is 0.637. The largest absolute Gasteiger partial charge is 0.303 e. The lowest BCUT2D eigenvalue weighted by molar-refractivity contribution is 0.131. The summed E-state index contributed by atoms with van der Waals surface area (Å²) in [4.78, 5) is 2.58. The van der Waals surface area contributed by atoms with Crippen molar-refractivity contribution in [1.82, 2.24) is 4.90 Å². The number of piperidine rings is 1. The summed E-state index contributed by atoms with van der Waals surface area (Å²) >= 11 is 0. The number of hydrogen-bond acceptors (Lipinski definition) is 1. The maximum Gasteiger partial charge on any atom is 0.00120 e. The molecule has 2 atom stereocenters. The highest BCUT2D eigenvalue weighted by Crippen LogP contribution is 2.24. The van der Waals surface area contributed by atoms with Crippen molar-refractivity contribution < 1.29 is 0 Å². The predicted molar refractivity (Wildman–Crippen MR) is 61.0 cm³/mol. The molecule has 13 heavy (non-hydrogen) atoms. The van der Waals surface area contributed by atoms with E-state index in [0.29, 0.717) is 0 Å². The zero-order chi connectivity index (χ0) is 10.3. The van der Waals surface area contributed by atoms with Gasteiger partial charge in [0.2, 0.25) is 0 Å². The van der Waals surface area contributed by atoms with Crippen molar-refractivity contribution in [2.75, 3.05) is 19.6 Å². The van der Waals surface area contributed by atoms with Gasteiger partial charge in [-0.3, -0.25) is 0 Å². The minimum Gasteiger partial charge on any atom is -0.303 e. The summed E-state index contributed by atoms with van der Waals surface area (Å²) in [7, 11) is 0. The molecule has 1 aliphatic rings. The van der Waals surface area contributed by atoms with E-state index in [-0.39, 0.29) is 0 Å². The molecule has 0 radical (unpaired) electrons. The van der Waals surface area contributed by atoms with E-state index in [2.05, 4.69) is 25.7 Å². The van der Waals surface area contributed by atoms with Gasteiger partial charge in [-0.25, -0.2) is 0 Å². The molecule has 1 nitrogen and oxygen atoms in total. The van der Waals surface area contributed by atoms with Crippen LogP contribution in [-0.4, -0.2) is 24.5 Å². The summed E-state index contributed by atoms with van der Waals surface area (Å²) in [6.45, 7) is 14.9. The van der Waals surface area contributed by atoms with Gasteiger partial charge in [0.1, 0.15) is 0 Å². The smallest absolute Gasteiger partial charge is 0.00120 e. The van der Waals surface area contributed by atoms with Crippen LogP contribution in [0.15, 0.2) is 0 Å². The molecule has 0 aromatic rings. The zero-order valence-electron chi connectivity index (χ0n) is 10.1. The summed E-state index contributed by atoms with van der Waals surface area (Å²) in [5.74, 6) is 1.92. The number of rotatable bonds is 2. The third kappa shape index (κ3) is 4.12. The third-order valence-corrected chi connectivity index (χ3v) is 3.17. The molecule has 1 rings (SSSR count). The van der Waals surface area contributed by atoms with Gasteiger partial charge in [-0.05, 0) is 31.3 Å². The first-order valence-electron chi connectivity index (χ1n) is 6.00. The van der Waals surface area contributed by atoms with Crippen molar-refractivity contribution in [2.45, 2.75) is 47.5 Å². The second kappa shape index (κ2) is 7.37. The Kier molecular flexibility index (Phi) is 7.35. The van der Waals surface area contributed by atoms with Crippen molar-refractivity contribution in [1.29, 1.82) is 0 Å². The minimum absolute atomic E-state index is 0.961. The number of hydrogen-bond donors (Lipinski definition) is 0. The van der Waals surface area contributed by atoms with E-state index in [0.717, 1.165) is 11.8 Å². The molecule has 0 N–H and O–H groups in total. The molecule has 0 aromatic carbocycles. The van der Waals surface area contributed by atoms with Crippen molar-refractivity contribution >= 4 is 0 Å². The Morgan fingerprint density at radius 1 is 1.23 bits per heavy atom. The van der Waals surface area contributed by atoms with Gasteiger partial charge in [0.25, 0.3) is 0 Å². The standard InChI is InChI=1S/C10H21N.C2H6/c1-4-10-8-11(5-2)7-6-9(10)3;1-2/h9-10H,4-8H2,1-3H3;1-2H3. The van der Waals surface area contributed by atoms with E-state index in [4.69, 9.17) is 0 Å². The molecule has 0 spiro atoms. The molecule has 0 aromatic heterocycles. The predicted octanol–water partition coefficient (Wildman–Crippen LogP) is 3.40. The Labute approximate surface area is 84.5 Å². The fraction of sp³-hybridized carbons (Fsp3) is 1.00. The minimum atomic E-state index is 0.961. The molecule has 0 aliphatic carbocycles. The van der Waals surface area contributed by atoms with Crippen molar-refractivity contribution in [3.8, 4) is 0 Å². The summed E-state index contributed by atoms with van der Waals surface area (Å²) in [6, 6.07) is 0. The van der Waals surface area contributed by atoms with E-state index in [1.54, 1.807) is 0 Å². The van der Waals surface area contributed by atoms with Crippen LogP contribution in [0.4, 0.5) is 0 Å². The van der Waals surface area contributed by atoms with Crippen molar-refractivity contribution in [2.24, 2.45) is 11.8 Å². The Bertz CT molecular complexity index is 112. The SMILES string of the molecule is CC.CCC1CN(CC)CCC1C. The topological polar surface area (TPSA) is 3.24 Å². The maximum absolute atomic E-state index is 2.58. The van der Waals surface area contributed by atoms with Crippen LogP contribution < -0.4 is 0 Å². The van der Waals surface area contributed by atoms with Crippen LogP contribution >= 0.6 is 0 Å². The highest BCUT2D eigenvalue weighted by molar-refractivity contribution is 4.76. The van der Waals surface area contributed by atoms with Gasteiger partial charge in [-0.1, -0.05) is 41.0 Å². The van der Waals surface area contributed by atoms with E-state index in [9.17, 15) is 0 Å². The lowest BCUT2D eigenvalue weighted by Crippen LogP contribution is -2.39. The van der Waals surface area contributed by atoms with Gasteiger partial charge in [-0.15, -0.1) is 0 Å². The van der Waals surface area contributed by atoms with Crippen LogP contribution in [0.3, 0.4) is 0 Å². The summed E-state index contributed by atoms with van der Waals surface area (Å²) < 4.78 is 0. The highest BCUT2D eigenvalue weighted by atomic mass is 15.1. The van der Waals surface area contributed by atoms with Gasteiger partial charge in [0.05, 0.1) is 0 Å². The third-order valence-electron chi connectivity index (χ3n) is 3.17. The lowest BCUT2D eigenvalue weighted by Gasteiger charge is -2.36. The molecule has 80 valence electrons. The molecule has 2 unspecified atom stereocenters. The average Bonchev–Trinajstić information content (AvgIpc) is 2.22. The number of nitrogens with zero attached hydrogens (tertiary/aromatic N) is 1. The normalized spacial score (nSPS) is 29.3. The molecule has 1 saturated heterocycles. The van der Waals surface area contributed by atoms with E-state index in [1.165, 1.54) is 32.5 Å². The van der Waals surface area contributed by atoms with Gasteiger partial charge in [0.15, 0.2) is 0 Å². The molecule has 0 bridgehead atoms. The first-order chi connectivity index (χ1) is 6.27. The molecule has 1 heteroatoms. The molecule has 1 heterocycles. The second-order valence-corrected chi connectivity index (χ2v) is 3.83. The van der Waals surface area contributed by atoms with Crippen molar-refractivity contribution in [3.63, 3.8) is 0 Å². The summed E-state index contributed by atoms with van der Waals surface area (Å²) in [5.41, 5.74) is 0. The molecule has 1 fully saturated rings. The summed E-state index contributed by atoms with van der Waals surface area (Å²) in [6.07, 6.45) is 2.77. The van der Waals surface area contributed by atoms with Crippen LogP contribution in [0.2, 0.25) is 0 Å². The fourth-order valence-electron chi connectivity index (χ4n) is 2.04.